The van der Waals surface area contributed by atoms with Crippen molar-refractivity contribution in [2.75, 3.05) is 32.4 Å². The average Bonchev–Trinajstić information content (AvgIpc) is 2.60. The molecule has 0 aliphatic carbocycles. The first-order chi connectivity index (χ1) is 10.9. The molecule has 1 fully saturated rings. The summed E-state index contributed by atoms with van der Waals surface area (Å²) in [4.78, 5) is 18.2. The molecule has 0 radical (unpaired) electrons. The Morgan fingerprint density at radius 2 is 1.91 bits per heavy atom. The van der Waals surface area contributed by atoms with Gasteiger partial charge in [0, 0.05) is 45.0 Å². The van der Waals surface area contributed by atoms with Crippen molar-refractivity contribution in [3.63, 3.8) is 0 Å². The number of likely N-dealkylation sites (N-methyl/N-ethyl adjacent to an activating group) is 1. The van der Waals surface area contributed by atoms with Crippen LogP contribution in [0, 0.1) is 5.92 Å². The monoisotopic (exact) mass is 339 g/mol. The van der Waals surface area contributed by atoms with Crippen molar-refractivity contribution < 1.29 is 13.2 Å². The quantitative estimate of drug-likeness (QED) is 0.779. The molecule has 0 N–H and O–H groups in total. The van der Waals surface area contributed by atoms with Crippen LogP contribution in [0.1, 0.15) is 25.3 Å². The zero-order valence-corrected chi connectivity index (χ0v) is 14.6. The maximum Gasteiger partial charge on any atom is 0.225 e. The van der Waals surface area contributed by atoms with Gasteiger partial charge in [0.05, 0.1) is 5.75 Å². The molecule has 2 rings (SSSR count). The Labute approximate surface area is 138 Å². The van der Waals surface area contributed by atoms with E-state index >= 15 is 0 Å². The number of amides is 1. The van der Waals surface area contributed by atoms with Gasteiger partial charge in [-0.15, -0.1) is 0 Å². The number of nitrogens with zero attached hydrogens (tertiary/aromatic N) is 3. The van der Waals surface area contributed by atoms with Gasteiger partial charge in [0.1, 0.15) is 0 Å². The fourth-order valence-electron chi connectivity index (χ4n) is 2.83. The van der Waals surface area contributed by atoms with Crippen LogP contribution in [-0.2, 0) is 21.2 Å². The molecule has 23 heavy (non-hydrogen) atoms. The molecular formula is C16H25N3O3S. The molecule has 1 amide bonds. The number of rotatable bonds is 6. The zero-order valence-electron chi connectivity index (χ0n) is 13.8. The summed E-state index contributed by atoms with van der Waals surface area (Å²) < 4.78 is 25.2. The highest BCUT2D eigenvalue weighted by molar-refractivity contribution is 7.89. The van der Waals surface area contributed by atoms with Crippen LogP contribution in [0.4, 0.5) is 0 Å². The van der Waals surface area contributed by atoms with Gasteiger partial charge in [-0.3, -0.25) is 9.78 Å². The van der Waals surface area contributed by atoms with E-state index in [-0.39, 0.29) is 17.6 Å². The molecule has 0 unspecified atom stereocenters. The van der Waals surface area contributed by atoms with Crippen LogP contribution in [0.25, 0.3) is 0 Å². The number of carbonyl (C=O) groups is 1. The fourth-order valence-corrected chi connectivity index (χ4v) is 3.96. The summed E-state index contributed by atoms with van der Waals surface area (Å²) in [5.74, 6) is 0.172. The lowest BCUT2D eigenvalue weighted by atomic mass is 9.96. The third-order valence-electron chi connectivity index (χ3n) is 4.42. The normalized spacial score (nSPS) is 17.1. The van der Waals surface area contributed by atoms with E-state index < -0.39 is 10.0 Å². The van der Waals surface area contributed by atoms with E-state index in [1.807, 2.05) is 19.2 Å². The summed E-state index contributed by atoms with van der Waals surface area (Å²) in [5.41, 5.74) is 1.16. The van der Waals surface area contributed by atoms with Crippen LogP contribution < -0.4 is 0 Å². The number of sulfonamides is 1. The molecule has 0 atom stereocenters. The molecular weight excluding hydrogens is 314 g/mol. The molecule has 0 saturated carbocycles. The Bertz CT molecular complexity index is 611. The molecule has 6 nitrogen and oxygen atoms in total. The van der Waals surface area contributed by atoms with E-state index in [1.165, 1.54) is 4.31 Å². The van der Waals surface area contributed by atoms with Crippen molar-refractivity contribution in [3.05, 3.63) is 30.1 Å². The van der Waals surface area contributed by atoms with E-state index in [9.17, 15) is 13.2 Å². The van der Waals surface area contributed by atoms with Gasteiger partial charge >= 0.3 is 0 Å². The zero-order chi connectivity index (χ0) is 16.9. The van der Waals surface area contributed by atoms with Crippen molar-refractivity contribution in [3.8, 4) is 0 Å². The average molecular weight is 339 g/mol. The Balaban J connectivity index is 1.82. The summed E-state index contributed by atoms with van der Waals surface area (Å²) in [7, 11) is -1.32. The molecule has 0 spiro atoms. The fraction of sp³-hybridized carbons (Fsp3) is 0.625. The van der Waals surface area contributed by atoms with Gasteiger partial charge in [-0.1, -0.05) is 0 Å². The van der Waals surface area contributed by atoms with E-state index in [1.54, 1.807) is 24.2 Å². The molecule has 1 aromatic rings. The van der Waals surface area contributed by atoms with Crippen molar-refractivity contribution in [2.24, 2.45) is 5.92 Å². The topological polar surface area (TPSA) is 70.6 Å². The predicted octanol–water partition coefficient (Wildman–Crippen LogP) is 1.14. The van der Waals surface area contributed by atoms with E-state index in [0.29, 0.717) is 32.5 Å². The highest BCUT2D eigenvalue weighted by Crippen LogP contribution is 2.21. The second kappa shape index (κ2) is 7.88. The van der Waals surface area contributed by atoms with Crippen LogP contribution in [0.2, 0.25) is 0 Å². The van der Waals surface area contributed by atoms with Crippen LogP contribution in [0.5, 0.6) is 0 Å². The number of hydrogen-bond acceptors (Lipinski definition) is 4. The molecule has 128 valence electrons. The second-order valence-corrected chi connectivity index (χ2v) is 8.20. The Kier molecular flexibility index (Phi) is 6.12. The summed E-state index contributed by atoms with van der Waals surface area (Å²) in [6.45, 7) is 3.21. The number of piperidine rings is 1. The lowest BCUT2D eigenvalue weighted by molar-refractivity contribution is -0.135. The first kappa shape index (κ1) is 17.9. The molecule has 2 heterocycles. The maximum atomic E-state index is 12.5. The van der Waals surface area contributed by atoms with E-state index in [0.717, 1.165) is 12.0 Å². The number of hydrogen-bond donors (Lipinski definition) is 0. The molecule has 1 saturated heterocycles. The highest BCUT2D eigenvalue weighted by Gasteiger charge is 2.31. The van der Waals surface area contributed by atoms with Gasteiger partial charge in [0.25, 0.3) is 0 Å². The third-order valence-corrected chi connectivity index (χ3v) is 6.30. The predicted molar refractivity (Wildman–Crippen MR) is 89.3 cm³/mol. The van der Waals surface area contributed by atoms with Crippen LogP contribution >= 0.6 is 0 Å². The second-order valence-electron chi connectivity index (χ2n) is 5.94. The van der Waals surface area contributed by atoms with Crippen LogP contribution in [0.15, 0.2) is 24.5 Å². The molecule has 1 aliphatic rings. The SMILES string of the molecule is CCS(=O)(=O)N1CCC(C(=O)N(C)CCc2ccncc2)CC1. The molecule has 0 aromatic carbocycles. The van der Waals surface area contributed by atoms with Crippen molar-refractivity contribution in [1.29, 1.82) is 0 Å². The largest absolute Gasteiger partial charge is 0.345 e. The first-order valence-electron chi connectivity index (χ1n) is 8.05. The molecule has 7 heteroatoms. The van der Waals surface area contributed by atoms with Gasteiger partial charge < -0.3 is 4.90 Å². The van der Waals surface area contributed by atoms with Gasteiger partial charge in [0.15, 0.2) is 0 Å². The Morgan fingerprint density at radius 1 is 1.30 bits per heavy atom. The molecule has 0 bridgehead atoms. The number of carbonyl (C=O) groups excluding carboxylic acids is 1. The lowest BCUT2D eigenvalue weighted by Crippen LogP contribution is -2.44. The van der Waals surface area contributed by atoms with Gasteiger partial charge in [-0.2, -0.15) is 0 Å². The van der Waals surface area contributed by atoms with Crippen LogP contribution in [-0.4, -0.2) is 60.9 Å². The summed E-state index contributed by atoms with van der Waals surface area (Å²) in [5, 5.41) is 0. The maximum absolute atomic E-state index is 12.5. The van der Waals surface area contributed by atoms with Gasteiger partial charge in [-0.25, -0.2) is 12.7 Å². The minimum Gasteiger partial charge on any atom is -0.345 e. The van der Waals surface area contributed by atoms with Gasteiger partial charge in [0.2, 0.25) is 15.9 Å². The molecule has 1 aliphatic heterocycles. The van der Waals surface area contributed by atoms with Crippen LogP contribution in [0.3, 0.4) is 0 Å². The third kappa shape index (κ3) is 4.75. The standard InChI is InChI=1S/C16H25N3O3S/c1-3-23(21,22)19-12-7-15(8-13-19)16(20)18(2)11-6-14-4-9-17-10-5-14/h4-5,9-10,15H,3,6-8,11-13H2,1-2H3. The van der Waals surface area contributed by atoms with Gasteiger partial charge in [-0.05, 0) is 43.9 Å². The number of aromatic nitrogens is 1. The minimum atomic E-state index is -3.13. The summed E-state index contributed by atoms with van der Waals surface area (Å²) in [6, 6.07) is 3.90. The minimum absolute atomic E-state index is 0.0688. The Hall–Kier alpha value is -1.47. The summed E-state index contributed by atoms with van der Waals surface area (Å²) in [6.07, 6.45) is 5.52. The van der Waals surface area contributed by atoms with Crippen molar-refractivity contribution in [2.45, 2.75) is 26.2 Å². The number of pyridine rings is 1. The van der Waals surface area contributed by atoms with Crippen molar-refractivity contribution in [1.82, 2.24) is 14.2 Å². The summed E-state index contributed by atoms with van der Waals surface area (Å²) >= 11 is 0. The smallest absolute Gasteiger partial charge is 0.225 e. The lowest BCUT2D eigenvalue weighted by Gasteiger charge is -2.32. The highest BCUT2D eigenvalue weighted by atomic mass is 32.2. The van der Waals surface area contributed by atoms with Crippen molar-refractivity contribution >= 4 is 15.9 Å². The van der Waals surface area contributed by atoms with E-state index in [4.69, 9.17) is 0 Å². The first-order valence-corrected chi connectivity index (χ1v) is 9.66. The molecule has 1 aromatic heterocycles. The Morgan fingerprint density at radius 3 is 2.48 bits per heavy atom. The van der Waals surface area contributed by atoms with E-state index in [2.05, 4.69) is 4.98 Å².